The Kier molecular flexibility index (Phi) is 3.37. The van der Waals surface area contributed by atoms with Crippen molar-refractivity contribution in [2.75, 3.05) is 19.0 Å². The van der Waals surface area contributed by atoms with Gasteiger partial charge in [-0.15, -0.1) is 0 Å². The van der Waals surface area contributed by atoms with Crippen molar-refractivity contribution in [1.82, 2.24) is 0 Å². The fourth-order valence-corrected chi connectivity index (χ4v) is 1.58. The summed E-state index contributed by atoms with van der Waals surface area (Å²) in [6.45, 7) is 1.57. The molecule has 0 unspecified atom stereocenters. The van der Waals surface area contributed by atoms with E-state index in [1.54, 1.807) is 6.92 Å². The maximum Gasteiger partial charge on any atom is 0.190 e. The molecule has 1 aromatic rings. The number of thioether (sulfide) groups is 1. The third kappa shape index (κ3) is 3.11. The Balaban J connectivity index is 2.75. The van der Waals surface area contributed by atoms with Gasteiger partial charge in [-0.05, 0) is 24.3 Å². The van der Waals surface area contributed by atoms with Crippen LogP contribution >= 0.6 is 11.8 Å². The molecule has 0 fully saturated rings. The Morgan fingerprint density at radius 1 is 1.23 bits per heavy atom. The Labute approximate surface area is 82.9 Å². The molecule has 1 aromatic carbocycles. The molecule has 2 nitrogen and oxygen atoms in total. The van der Waals surface area contributed by atoms with Crippen molar-refractivity contribution >= 4 is 22.6 Å². The largest absolute Gasteiger partial charge is 0.378 e. The van der Waals surface area contributed by atoms with Gasteiger partial charge in [-0.2, -0.15) is 0 Å². The highest BCUT2D eigenvalue weighted by Gasteiger charge is 1.99. The minimum Gasteiger partial charge on any atom is -0.378 e. The van der Waals surface area contributed by atoms with Crippen molar-refractivity contribution < 1.29 is 4.79 Å². The van der Waals surface area contributed by atoms with Crippen LogP contribution in [0.3, 0.4) is 0 Å². The van der Waals surface area contributed by atoms with Gasteiger partial charge in [-0.25, -0.2) is 0 Å². The maximum absolute atomic E-state index is 10.8. The summed E-state index contributed by atoms with van der Waals surface area (Å²) in [6.07, 6.45) is 0. The first-order valence-electron chi connectivity index (χ1n) is 4.05. The van der Waals surface area contributed by atoms with Gasteiger partial charge in [0.15, 0.2) is 5.12 Å². The predicted molar refractivity (Wildman–Crippen MR) is 57.3 cm³/mol. The zero-order valence-electron chi connectivity index (χ0n) is 8.07. The van der Waals surface area contributed by atoms with E-state index in [2.05, 4.69) is 0 Å². The molecule has 0 amide bonds. The monoisotopic (exact) mass is 195 g/mol. The van der Waals surface area contributed by atoms with Gasteiger partial charge in [0, 0.05) is 31.6 Å². The lowest BCUT2D eigenvalue weighted by Gasteiger charge is -2.11. The topological polar surface area (TPSA) is 20.3 Å². The number of hydrogen-bond donors (Lipinski definition) is 0. The third-order valence-electron chi connectivity index (χ3n) is 1.61. The van der Waals surface area contributed by atoms with E-state index in [0.29, 0.717) is 0 Å². The first-order chi connectivity index (χ1) is 6.09. The van der Waals surface area contributed by atoms with Crippen LogP contribution in [0.1, 0.15) is 6.92 Å². The number of benzene rings is 1. The molecular weight excluding hydrogens is 182 g/mol. The van der Waals surface area contributed by atoms with Crippen LogP contribution < -0.4 is 4.90 Å². The molecule has 0 heterocycles. The summed E-state index contributed by atoms with van der Waals surface area (Å²) in [5.74, 6) is 0. The van der Waals surface area contributed by atoms with Gasteiger partial charge in [0.1, 0.15) is 0 Å². The zero-order chi connectivity index (χ0) is 9.84. The van der Waals surface area contributed by atoms with E-state index in [-0.39, 0.29) is 5.12 Å². The van der Waals surface area contributed by atoms with E-state index in [9.17, 15) is 4.79 Å². The predicted octanol–water partition coefficient (Wildman–Crippen LogP) is 2.39. The summed E-state index contributed by atoms with van der Waals surface area (Å²) in [6, 6.07) is 7.93. The Hall–Kier alpha value is -0.960. The average molecular weight is 195 g/mol. The minimum absolute atomic E-state index is 0.123. The lowest BCUT2D eigenvalue weighted by Crippen LogP contribution is -2.07. The molecule has 13 heavy (non-hydrogen) atoms. The molecule has 70 valence electrons. The third-order valence-corrected chi connectivity index (χ3v) is 2.41. The van der Waals surface area contributed by atoms with Crippen molar-refractivity contribution in [3.63, 3.8) is 0 Å². The van der Waals surface area contributed by atoms with Crippen molar-refractivity contribution in [2.24, 2.45) is 0 Å². The summed E-state index contributed by atoms with van der Waals surface area (Å²) >= 11 is 1.26. The van der Waals surface area contributed by atoms with Gasteiger partial charge in [0.25, 0.3) is 0 Å². The molecule has 1 rings (SSSR count). The molecule has 0 atom stereocenters. The Morgan fingerprint density at radius 3 is 2.15 bits per heavy atom. The molecule has 0 radical (unpaired) electrons. The highest BCUT2D eigenvalue weighted by molar-refractivity contribution is 8.13. The Morgan fingerprint density at radius 2 is 1.77 bits per heavy atom. The highest BCUT2D eigenvalue weighted by atomic mass is 32.2. The second kappa shape index (κ2) is 4.33. The molecule has 0 saturated heterocycles. The van der Waals surface area contributed by atoms with Gasteiger partial charge in [-0.1, -0.05) is 11.8 Å². The molecule has 0 N–H and O–H groups in total. The van der Waals surface area contributed by atoms with Crippen LogP contribution in [0.4, 0.5) is 5.69 Å². The van der Waals surface area contributed by atoms with Crippen LogP contribution in [-0.4, -0.2) is 19.2 Å². The fraction of sp³-hybridized carbons (Fsp3) is 0.300. The van der Waals surface area contributed by atoms with E-state index in [4.69, 9.17) is 0 Å². The zero-order valence-corrected chi connectivity index (χ0v) is 8.89. The quantitative estimate of drug-likeness (QED) is 0.676. The van der Waals surface area contributed by atoms with Crippen LogP contribution in [0, 0.1) is 0 Å². The number of anilines is 1. The van der Waals surface area contributed by atoms with Crippen LogP contribution in [0.2, 0.25) is 0 Å². The van der Waals surface area contributed by atoms with Crippen molar-refractivity contribution in [3.05, 3.63) is 24.3 Å². The van der Waals surface area contributed by atoms with E-state index < -0.39 is 0 Å². The molecule has 0 spiro atoms. The van der Waals surface area contributed by atoms with Gasteiger partial charge in [0.2, 0.25) is 0 Å². The maximum atomic E-state index is 10.8. The number of nitrogens with zero attached hydrogens (tertiary/aromatic N) is 1. The number of carbonyl (C=O) groups is 1. The Bertz CT molecular complexity index is 292. The van der Waals surface area contributed by atoms with Gasteiger partial charge in [0.05, 0.1) is 0 Å². The smallest absolute Gasteiger partial charge is 0.190 e. The fourth-order valence-electron chi connectivity index (χ4n) is 0.978. The minimum atomic E-state index is 0.123. The lowest BCUT2D eigenvalue weighted by molar-refractivity contribution is -0.109. The number of hydrogen-bond acceptors (Lipinski definition) is 3. The first-order valence-corrected chi connectivity index (χ1v) is 4.87. The van der Waals surface area contributed by atoms with Crippen LogP contribution in [0.5, 0.6) is 0 Å². The van der Waals surface area contributed by atoms with Crippen molar-refractivity contribution in [2.45, 2.75) is 11.8 Å². The van der Waals surface area contributed by atoms with Crippen molar-refractivity contribution in [3.8, 4) is 0 Å². The van der Waals surface area contributed by atoms with E-state index in [0.717, 1.165) is 10.6 Å². The van der Waals surface area contributed by atoms with Gasteiger partial charge < -0.3 is 4.90 Å². The standard InChI is InChI=1S/C10H13NOS/c1-8(12)13-10-6-4-9(5-7-10)11(2)3/h4-7H,1-3H3. The summed E-state index contributed by atoms with van der Waals surface area (Å²) in [5.41, 5.74) is 1.15. The molecule has 0 aliphatic rings. The van der Waals surface area contributed by atoms with Crippen LogP contribution in [0.25, 0.3) is 0 Å². The van der Waals surface area contributed by atoms with E-state index in [1.165, 1.54) is 11.8 Å². The molecular formula is C10H13NOS. The average Bonchev–Trinajstić information content (AvgIpc) is 2.04. The van der Waals surface area contributed by atoms with Gasteiger partial charge >= 0.3 is 0 Å². The molecule has 0 bridgehead atoms. The summed E-state index contributed by atoms with van der Waals surface area (Å²) in [7, 11) is 3.99. The van der Waals surface area contributed by atoms with E-state index >= 15 is 0 Å². The second-order valence-electron chi connectivity index (χ2n) is 2.98. The SMILES string of the molecule is CC(=O)Sc1ccc(N(C)C)cc1. The van der Waals surface area contributed by atoms with Crippen LogP contribution in [-0.2, 0) is 4.79 Å². The van der Waals surface area contributed by atoms with Gasteiger partial charge in [-0.3, -0.25) is 4.79 Å². The summed E-state index contributed by atoms with van der Waals surface area (Å²) < 4.78 is 0. The number of rotatable bonds is 2. The summed E-state index contributed by atoms with van der Waals surface area (Å²) in [4.78, 5) is 13.8. The molecule has 3 heteroatoms. The molecule has 0 aliphatic heterocycles. The van der Waals surface area contributed by atoms with Crippen LogP contribution in [0.15, 0.2) is 29.2 Å². The molecule has 0 aliphatic carbocycles. The summed E-state index contributed by atoms with van der Waals surface area (Å²) in [5, 5.41) is 0.123. The van der Waals surface area contributed by atoms with Crippen molar-refractivity contribution in [1.29, 1.82) is 0 Å². The lowest BCUT2D eigenvalue weighted by atomic mass is 10.3. The first kappa shape index (κ1) is 10.1. The number of carbonyl (C=O) groups excluding carboxylic acids is 1. The normalized spacial score (nSPS) is 9.77. The second-order valence-corrected chi connectivity index (χ2v) is 4.23. The molecule has 0 aromatic heterocycles. The van der Waals surface area contributed by atoms with E-state index in [1.807, 2.05) is 43.3 Å². The highest BCUT2D eigenvalue weighted by Crippen LogP contribution is 2.21. The molecule has 0 saturated carbocycles.